The fourth-order valence-corrected chi connectivity index (χ4v) is 9.52. The molecule has 4 aliphatic rings. The number of unbranched alkanes of at least 4 members (excludes halogenated alkanes) is 1. The summed E-state index contributed by atoms with van der Waals surface area (Å²) in [5.41, 5.74) is 2.85. The second-order valence-corrected chi connectivity index (χ2v) is 16.8. The minimum Gasteiger partial charge on any atom is -0.489 e. The summed E-state index contributed by atoms with van der Waals surface area (Å²) in [7, 11) is 0. The first-order valence-corrected chi connectivity index (χ1v) is 19.7. The van der Waals surface area contributed by atoms with Gasteiger partial charge in [-0.25, -0.2) is 0 Å². The number of amides is 5. The van der Waals surface area contributed by atoms with Crippen LogP contribution in [0.4, 0.5) is 5.69 Å². The summed E-state index contributed by atoms with van der Waals surface area (Å²) in [5, 5.41) is 15.1. The first-order valence-electron chi connectivity index (χ1n) is 19.3. The van der Waals surface area contributed by atoms with Crippen molar-refractivity contribution in [2.75, 3.05) is 37.6 Å². The third-order valence-electron chi connectivity index (χ3n) is 12.0. The van der Waals surface area contributed by atoms with E-state index in [9.17, 15) is 29.2 Å². The molecule has 0 spiro atoms. The topological polar surface area (TPSA) is 152 Å². The van der Waals surface area contributed by atoms with Gasteiger partial charge in [-0.05, 0) is 80.3 Å². The van der Waals surface area contributed by atoms with E-state index >= 15 is 0 Å². The molecule has 0 bridgehead atoms. The highest BCUT2D eigenvalue weighted by molar-refractivity contribution is 6.31. The zero-order valence-electron chi connectivity index (χ0n) is 32.2. The number of hydrogen-bond acceptors (Lipinski definition) is 9. The number of imide groups is 2. The lowest BCUT2D eigenvalue weighted by Crippen LogP contribution is -2.74. The Morgan fingerprint density at radius 1 is 0.946 bits per heavy atom. The Labute approximate surface area is 332 Å². The average Bonchev–Trinajstić information content (AvgIpc) is 3.43. The minimum atomic E-state index is -0.972. The van der Waals surface area contributed by atoms with Crippen molar-refractivity contribution in [1.29, 1.82) is 5.26 Å². The second kappa shape index (κ2) is 15.4. The molecule has 0 radical (unpaired) electrons. The van der Waals surface area contributed by atoms with Crippen LogP contribution in [0.2, 0.25) is 5.02 Å². The largest absolute Gasteiger partial charge is 0.489 e. The minimum absolute atomic E-state index is 0.0904. The quantitative estimate of drug-likeness (QED) is 0.193. The van der Waals surface area contributed by atoms with Gasteiger partial charge < -0.3 is 15.0 Å². The number of fused-ring (bicyclic) bond motifs is 1. The fraction of sp³-hybridized carbons (Fsp3) is 0.442. The standard InChI is InChI=1S/C43H47ClN6O6/c1-42(2)40(43(3,4)41(42)56-30-16-13-28(25-45)32(44)24-30)47-36(52)27-11-14-29(15-12-27)49-22-20-48(21-23-49)19-6-5-8-26-9-7-10-31-35(26)39(55)50(38(31)54)33-17-18-34(51)46-37(33)53/h7,9-16,24,33,40-41H,5-6,8,17-23H2,1-4H3,(H,47,52)(H,46,51,53)/t33?,40-,41-. The Balaban J connectivity index is 0.863. The average molecular weight is 779 g/mol. The summed E-state index contributed by atoms with van der Waals surface area (Å²) in [5.74, 6) is -1.48. The Bertz CT molecular complexity index is 2100. The first kappa shape index (κ1) is 39.0. The van der Waals surface area contributed by atoms with E-state index in [0.29, 0.717) is 39.4 Å². The molecular weight excluding hydrogens is 732 g/mol. The molecule has 1 saturated carbocycles. The van der Waals surface area contributed by atoms with E-state index in [-0.39, 0.29) is 41.7 Å². The zero-order valence-corrected chi connectivity index (χ0v) is 32.9. The molecular formula is C43H47ClN6O6. The SMILES string of the molecule is CC1(C)[C@H](NC(=O)c2ccc(N3CCN(CCCCc4cccc5c4C(=O)N(C4CCC(=O)NC4=O)C5=O)CC3)cc2)C(C)(C)[C@H]1Oc1ccc(C#N)c(Cl)c1. The van der Waals surface area contributed by atoms with E-state index in [1.807, 2.05) is 30.3 Å². The van der Waals surface area contributed by atoms with E-state index in [0.717, 1.165) is 61.7 Å². The number of nitriles is 1. The lowest BCUT2D eigenvalue weighted by Gasteiger charge is -2.63. The van der Waals surface area contributed by atoms with Gasteiger partial charge in [0.2, 0.25) is 11.8 Å². The van der Waals surface area contributed by atoms with E-state index in [4.69, 9.17) is 16.3 Å². The van der Waals surface area contributed by atoms with Gasteiger partial charge in [0, 0.05) is 66.8 Å². The van der Waals surface area contributed by atoms with Crippen molar-refractivity contribution in [2.45, 2.75) is 78.0 Å². The number of anilines is 1. The van der Waals surface area contributed by atoms with Gasteiger partial charge in [0.1, 0.15) is 24.0 Å². The number of carbonyl (C=O) groups excluding carboxylic acids is 5. The van der Waals surface area contributed by atoms with E-state index in [2.05, 4.69) is 54.2 Å². The van der Waals surface area contributed by atoms with Gasteiger partial charge >= 0.3 is 0 Å². The summed E-state index contributed by atoms with van der Waals surface area (Å²) in [6.07, 6.45) is 2.45. The number of aryl methyl sites for hydroxylation is 1. The smallest absolute Gasteiger partial charge is 0.262 e. The molecule has 12 nitrogen and oxygen atoms in total. The Kier molecular flexibility index (Phi) is 10.7. The second-order valence-electron chi connectivity index (χ2n) is 16.4. The van der Waals surface area contributed by atoms with Crippen LogP contribution in [-0.4, -0.2) is 90.2 Å². The number of nitrogens with one attached hydrogen (secondary N) is 2. The molecule has 2 N–H and O–H groups in total. The monoisotopic (exact) mass is 778 g/mol. The van der Waals surface area contributed by atoms with E-state index < -0.39 is 29.7 Å². The van der Waals surface area contributed by atoms with Gasteiger partial charge in [-0.15, -0.1) is 0 Å². The van der Waals surface area contributed by atoms with Gasteiger partial charge in [0.15, 0.2) is 0 Å². The first-order chi connectivity index (χ1) is 26.7. The molecule has 292 valence electrons. The van der Waals surface area contributed by atoms with Crippen LogP contribution in [-0.2, 0) is 16.0 Å². The van der Waals surface area contributed by atoms with Crippen LogP contribution < -0.4 is 20.3 Å². The number of piperazine rings is 1. The molecule has 3 aromatic rings. The predicted octanol–water partition coefficient (Wildman–Crippen LogP) is 5.37. The van der Waals surface area contributed by atoms with Crippen LogP contribution in [0.5, 0.6) is 5.75 Å². The van der Waals surface area contributed by atoms with Crippen molar-refractivity contribution in [3.8, 4) is 11.8 Å². The number of piperidine rings is 1. The Morgan fingerprint density at radius 2 is 1.66 bits per heavy atom. The number of rotatable bonds is 11. The zero-order chi connectivity index (χ0) is 39.9. The summed E-state index contributed by atoms with van der Waals surface area (Å²) in [6.45, 7) is 12.8. The number of halogens is 1. The number of carbonyl (C=O) groups is 5. The van der Waals surface area contributed by atoms with Crippen molar-refractivity contribution in [3.05, 3.63) is 93.5 Å². The van der Waals surface area contributed by atoms with Crippen molar-refractivity contribution in [1.82, 2.24) is 20.4 Å². The molecule has 1 aliphatic carbocycles. The molecule has 1 unspecified atom stereocenters. The third kappa shape index (κ3) is 7.26. The Morgan fingerprint density at radius 3 is 2.32 bits per heavy atom. The fourth-order valence-electron chi connectivity index (χ4n) is 9.31. The summed E-state index contributed by atoms with van der Waals surface area (Å²) in [4.78, 5) is 69.9. The molecule has 5 amide bonds. The maximum atomic E-state index is 13.5. The molecule has 3 aliphatic heterocycles. The molecule has 0 aromatic heterocycles. The van der Waals surface area contributed by atoms with Crippen molar-refractivity contribution >= 4 is 46.8 Å². The third-order valence-corrected chi connectivity index (χ3v) is 12.3. The highest BCUT2D eigenvalue weighted by Crippen LogP contribution is 2.55. The highest BCUT2D eigenvalue weighted by atomic mass is 35.5. The van der Waals surface area contributed by atoms with Crippen molar-refractivity contribution in [3.63, 3.8) is 0 Å². The van der Waals surface area contributed by atoms with Gasteiger partial charge in [0.25, 0.3) is 17.7 Å². The van der Waals surface area contributed by atoms with Crippen molar-refractivity contribution in [2.24, 2.45) is 10.8 Å². The Hall–Kier alpha value is -5.25. The molecule has 3 aromatic carbocycles. The highest BCUT2D eigenvalue weighted by Gasteiger charge is 2.64. The summed E-state index contributed by atoms with van der Waals surface area (Å²) < 4.78 is 6.37. The molecule has 56 heavy (non-hydrogen) atoms. The lowest BCUT2D eigenvalue weighted by molar-refractivity contribution is -0.164. The van der Waals surface area contributed by atoms with Crippen molar-refractivity contribution < 1.29 is 28.7 Å². The number of benzene rings is 3. The molecule has 3 fully saturated rings. The van der Waals surface area contributed by atoms with E-state index in [1.54, 1.807) is 30.3 Å². The van der Waals surface area contributed by atoms with Crippen LogP contribution >= 0.6 is 11.6 Å². The summed E-state index contributed by atoms with van der Waals surface area (Å²) >= 11 is 6.24. The van der Waals surface area contributed by atoms with Gasteiger partial charge in [-0.3, -0.25) is 39.1 Å². The van der Waals surface area contributed by atoms with Crippen LogP contribution in [0.25, 0.3) is 0 Å². The molecule has 7 rings (SSSR count). The van der Waals surface area contributed by atoms with Crippen LogP contribution in [0.15, 0.2) is 60.7 Å². The molecule has 3 heterocycles. The summed E-state index contributed by atoms with van der Waals surface area (Å²) in [6, 6.07) is 19.1. The number of nitrogens with zero attached hydrogens (tertiary/aromatic N) is 4. The van der Waals surface area contributed by atoms with Crippen LogP contribution in [0, 0.1) is 22.2 Å². The predicted molar refractivity (Wildman–Crippen MR) is 211 cm³/mol. The van der Waals surface area contributed by atoms with E-state index in [1.165, 1.54) is 0 Å². The number of hydrogen-bond donors (Lipinski definition) is 2. The molecule has 1 atom stereocenters. The maximum Gasteiger partial charge on any atom is 0.262 e. The number of ether oxygens (including phenoxy) is 1. The normalized spacial score (nSPS) is 22.9. The van der Waals surface area contributed by atoms with Gasteiger partial charge in [-0.2, -0.15) is 5.26 Å². The van der Waals surface area contributed by atoms with Gasteiger partial charge in [-0.1, -0.05) is 51.4 Å². The molecule has 13 heteroatoms. The lowest BCUT2D eigenvalue weighted by atomic mass is 9.49. The van der Waals surface area contributed by atoms with Crippen LogP contribution in [0.3, 0.4) is 0 Å². The maximum absolute atomic E-state index is 13.5. The van der Waals surface area contributed by atoms with Crippen LogP contribution in [0.1, 0.15) is 95.6 Å². The molecule has 2 saturated heterocycles. The van der Waals surface area contributed by atoms with Gasteiger partial charge in [0.05, 0.1) is 21.7 Å².